The Hall–Kier alpha value is -3.60. The van der Waals surface area contributed by atoms with Gasteiger partial charge in [-0.1, -0.05) is 43.0 Å². The van der Waals surface area contributed by atoms with Crippen molar-refractivity contribution in [2.75, 3.05) is 0 Å². The third-order valence-corrected chi connectivity index (χ3v) is 4.72. The van der Waals surface area contributed by atoms with Crippen LogP contribution in [0.4, 0.5) is 0 Å². The smallest absolute Gasteiger partial charge is 0.308 e. The van der Waals surface area contributed by atoms with Crippen LogP contribution in [0, 0.1) is 0 Å². The quantitative estimate of drug-likeness (QED) is 0.351. The first kappa shape index (κ1) is 20.1. The van der Waals surface area contributed by atoms with Crippen LogP contribution >= 0.6 is 0 Å². The Bertz CT molecular complexity index is 1120. The first-order valence-corrected chi connectivity index (χ1v) is 9.31. The summed E-state index contributed by atoms with van der Waals surface area (Å²) in [6.45, 7) is 7.77. The van der Waals surface area contributed by atoms with Gasteiger partial charge in [-0.25, -0.2) is 0 Å². The van der Waals surface area contributed by atoms with E-state index < -0.39 is 5.97 Å². The van der Waals surface area contributed by atoms with E-state index in [1.165, 1.54) is 6.92 Å². The summed E-state index contributed by atoms with van der Waals surface area (Å²) in [6, 6.07) is 13.3. The second kappa shape index (κ2) is 8.61. The monoisotopic (exact) mass is 389 g/mol. The molecule has 0 saturated heterocycles. The van der Waals surface area contributed by atoms with Crippen LogP contribution in [0.15, 0.2) is 73.0 Å². The lowest BCUT2D eigenvalue weighted by Crippen LogP contribution is -2.01. The predicted molar refractivity (Wildman–Crippen MR) is 114 cm³/mol. The summed E-state index contributed by atoms with van der Waals surface area (Å²) in [5, 5.41) is 10.2. The Labute approximate surface area is 169 Å². The number of hydrogen-bond donors (Lipinski definition) is 1. The van der Waals surface area contributed by atoms with Crippen molar-refractivity contribution in [3.63, 3.8) is 0 Å². The molecule has 5 heteroatoms. The van der Waals surface area contributed by atoms with Gasteiger partial charge < -0.3 is 14.4 Å². The second-order valence-corrected chi connectivity index (χ2v) is 6.77. The molecule has 29 heavy (non-hydrogen) atoms. The molecule has 3 aromatic rings. The van der Waals surface area contributed by atoms with E-state index in [1.54, 1.807) is 12.1 Å². The van der Waals surface area contributed by atoms with Gasteiger partial charge in [-0.05, 0) is 47.4 Å². The number of ether oxygens (including phenoxy) is 1. The van der Waals surface area contributed by atoms with Gasteiger partial charge in [0, 0.05) is 30.6 Å². The molecule has 0 spiro atoms. The zero-order valence-electron chi connectivity index (χ0n) is 16.5. The topological polar surface area (TPSA) is 68.5 Å². The standard InChI is InChI=1S/C24H23NO4/c1-4-17(5-2)14-25-15-20(13-24(27)28)22-10-9-19(12-23(22)25)18-7-6-8-21(11-18)29-16(3)26/h4-12,15H,1,13-14H2,2-3H3,(H,27,28)/b17-5+. The number of nitrogens with zero attached hydrogens (tertiary/aromatic N) is 1. The van der Waals surface area contributed by atoms with Gasteiger partial charge in [0.15, 0.2) is 0 Å². The van der Waals surface area contributed by atoms with E-state index in [1.807, 2.05) is 60.2 Å². The molecule has 0 radical (unpaired) electrons. The van der Waals surface area contributed by atoms with Crippen molar-refractivity contribution in [2.45, 2.75) is 26.8 Å². The molecule has 0 aliphatic heterocycles. The minimum absolute atomic E-state index is 0.0377. The predicted octanol–water partition coefficient (Wildman–Crippen LogP) is 4.99. The van der Waals surface area contributed by atoms with Gasteiger partial charge in [-0.2, -0.15) is 0 Å². The first-order valence-electron chi connectivity index (χ1n) is 9.31. The molecular weight excluding hydrogens is 366 g/mol. The van der Waals surface area contributed by atoms with E-state index in [0.29, 0.717) is 12.3 Å². The van der Waals surface area contributed by atoms with E-state index in [9.17, 15) is 14.7 Å². The van der Waals surface area contributed by atoms with Gasteiger partial charge in [-0.3, -0.25) is 9.59 Å². The van der Waals surface area contributed by atoms with Crippen molar-refractivity contribution in [3.8, 4) is 16.9 Å². The van der Waals surface area contributed by atoms with Gasteiger partial charge in [0.25, 0.3) is 0 Å². The van der Waals surface area contributed by atoms with E-state index in [0.717, 1.165) is 33.2 Å². The van der Waals surface area contributed by atoms with Gasteiger partial charge in [-0.15, -0.1) is 0 Å². The summed E-state index contributed by atoms with van der Waals surface area (Å²) >= 11 is 0. The van der Waals surface area contributed by atoms with Gasteiger partial charge in [0.1, 0.15) is 5.75 Å². The number of allylic oxidation sites excluding steroid dienone is 3. The van der Waals surface area contributed by atoms with Crippen LogP contribution < -0.4 is 4.74 Å². The molecule has 0 fully saturated rings. The van der Waals surface area contributed by atoms with E-state index in [4.69, 9.17) is 4.74 Å². The molecule has 0 aliphatic carbocycles. The number of hydrogen-bond acceptors (Lipinski definition) is 3. The SMILES string of the molecule is C=C/C(=C\C)Cn1cc(CC(=O)O)c2ccc(-c3cccc(OC(C)=O)c3)cc21. The molecule has 148 valence electrons. The number of aromatic nitrogens is 1. The first-order chi connectivity index (χ1) is 13.9. The molecule has 0 amide bonds. The molecule has 1 heterocycles. The largest absolute Gasteiger partial charge is 0.481 e. The number of benzene rings is 2. The Morgan fingerprint density at radius 2 is 1.93 bits per heavy atom. The number of rotatable bonds is 7. The lowest BCUT2D eigenvalue weighted by atomic mass is 10.0. The van der Waals surface area contributed by atoms with Crippen LogP contribution in [0.5, 0.6) is 5.75 Å². The number of carbonyl (C=O) groups is 2. The maximum Gasteiger partial charge on any atom is 0.308 e. The van der Waals surface area contributed by atoms with Crippen LogP contribution in [0.25, 0.3) is 22.0 Å². The van der Waals surface area contributed by atoms with Crippen molar-refractivity contribution in [3.05, 3.63) is 78.5 Å². The number of aliphatic carboxylic acids is 1. The highest BCUT2D eigenvalue weighted by Gasteiger charge is 2.13. The maximum absolute atomic E-state index is 11.3. The summed E-state index contributed by atoms with van der Waals surface area (Å²) in [6.07, 6.45) is 5.64. The van der Waals surface area contributed by atoms with Crippen molar-refractivity contribution >= 4 is 22.8 Å². The highest BCUT2D eigenvalue weighted by Crippen LogP contribution is 2.30. The highest BCUT2D eigenvalue weighted by atomic mass is 16.5. The number of carbonyl (C=O) groups excluding carboxylic acids is 1. The van der Waals surface area contributed by atoms with E-state index >= 15 is 0 Å². The Kier molecular flexibility index (Phi) is 5.98. The summed E-state index contributed by atoms with van der Waals surface area (Å²) < 4.78 is 7.23. The van der Waals surface area contributed by atoms with Crippen LogP contribution in [-0.4, -0.2) is 21.6 Å². The summed E-state index contributed by atoms with van der Waals surface area (Å²) in [7, 11) is 0. The molecule has 0 bridgehead atoms. The normalized spacial score (nSPS) is 11.4. The summed E-state index contributed by atoms with van der Waals surface area (Å²) in [5.41, 5.74) is 4.62. The zero-order chi connectivity index (χ0) is 21.0. The maximum atomic E-state index is 11.3. The molecule has 0 aliphatic rings. The van der Waals surface area contributed by atoms with Crippen molar-refractivity contribution in [1.82, 2.24) is 4.57 Å². The van der Waals surface area contributed by atoms with Gasteiger partial charge in [0.2, 0.25) is 0 Å². The Morgan fingerprint density at radius 1 is 1.17 bits per heavy atom. The molecule has 0 unspecified atom stereocenters. The Balaban J connectivity index is 2.11. The van der Waals surface area contributed by atoms with Gasteiger partial charge >= 0.3 is 11.9 Å². The van der Waals surface area contributed by atoms with Crippen molar-refractivity contribution in [1.29, 1.82) is 0 Å². The van der Waals surface area contributed by atoms with Gasteiger partial charge in [0.05, 0.1) is 6.42 Å². The summed E-state index contributed by atoms with van der Waals surface area (Å²) in [4.78, 5) is 22.5. The fraction of sp³-hybridized carbons (Fsp3) is 0.167. The molecule has 1 N–H and O–H groups in total. The van der Waals surface area contributed by atoms with Crippen LogP contribution in [0.1, 0.15) is 19.4 Å². The molecular formula is C24H23NO4. The fourth-order valence-corrected chi connectivity index (χ4v) is 3.36. The average Bonchev–Trinajstić information content (AvgIpc) is 3.01. The van der Waals surface area contributed by atoms with Crippen LogP contribution in [0.2, 0.25) is 0 Å². The number of fused-ring (bicyclic) bond motifs is 1. The van der Waals surface area contributed by atoms with Crippen LogP contribution in [-0.2, 0) is 22.6 Å². The average molecular weight is 389 g/mol. The molecule has 0 atom stereocenters. The number of esters is 1. The Morgan fingerprint density at radius 3 is 2.59 bits per heavy atom. The second-order valence-electron chi connectivity index (χ2n) is 6.77. The van der Waals surface area contributed by atoms with E-state index in [2.05, 4.69) is 6.58 Å². The number of carboxylic acid groups (broad SMARTS) is 1. The molecule has 1 aromatic heterocycles. The molecule has 5 nitrogen and oxygen atoms in total. The summed E-state index contributed by atoms with van der Waals surface area (Å²) in [5.74, 6) is -0.745. The third-order valence-electron chi connectivity index (χ3n) is 4.72. The molecule has 2 aromatic carbocycles. The lowest BCUT2D eigenvalue weighted by Gasteiger charge is -2.09. The zero-order valence-corrected chi connectivity index (χ0v) is 16.5. The minimum Gasteiger partial charge on any atom is -0.481 e. The minimum atomic E-state index is -0.864. The fourth-order valence-electron chi connectivity index (χ4n) is 3.36. The van der Waals surface area contributed by atoms with Crippen molar-refractivity contribution in [2.24, 2.45) is 0 Å². The highest BCUT2D eigenvalue weighted by molar-refractivity contribution is 5.91. The number of carboxylic acids is 1. The lowest BCUT2D eigenvalue weighted by molar-refractivity contribution is -0.136. The third kappa shape index (κ3) is 4.63. The van der Waals surface area contributed by atoms with Crippen molar-refractivity contribution < 1.29 is 19.4 Å². The molecule has 0 saturated carbocycles. The molecule has 3 rings (SSSR count). The van der Waals surface area contributed by atoms with E-state index in [-0.39, 0.29) is 12.4 Å². The van der Waals surface area contributed by atoms with Crippen LogP contribution in [0.3, 0.4) is 0 Å².